The molecule has 1 aromatic heterocycles. The first-order chi connectivity index (χ1) is 12.6. The van der Waals surface area contributed by atoms with Crippen LogP contribution in [0.15, 0.2) is 30.6 Å². The van der Waals surface area contributed by atoms with Crippen molar-refractivity contribution in [2.45, 2.75) is 6.92 Å². The van der Waals surface area contributed by atoms with E-state index in [1.807, 2.05) is 6.07 Å². The molecule has 0 atom stereocenters. The van der Waals surface area contributed by atoms with E-state index in [-0.39, 0.29) is 5.97 Å². The van der Waals surface area contributed by atoms with E-state index in [0.29, 0.717) is 35.2 Å². The van der Waals surface area contributed by atoms with Gasteiger partial charge in [-0.25, -0.2) is 14.8 Å². The average Bonchev–Trinajstić information content (AvgIpc) is 2.65. The summed E-state index contributed by atoms with van der Waals surface area (Å²) in [5.74, 6) is 0.803. The van der Waals surface area contributed by atoms with E-state index in [4.69, 9.17) is 10.5 Å². The molecule has 1 aromatic carbocycles. The third-order valence-electron chi connectivity index (χ3n) is 4.34. The summed E-state index contributed by atoms with van der Waals surface area (Å²) in [6.07, 6.45) is 1.49. The third-order valence-corrected chi connectivity index (χ3v) is 4.34. The number of carbonyl (C=O) groups excluding carboxylic acids is 1. The number of nitrogen functional groups attached to an aromatic ring is 1. The molecule has 8 nitrogen and oxygen atoms in total. The van der Waals surface area contributed by atoms with Crippen LogP contribution in [0.3, 0.4) is 0 Å². The molecule has 26 heavy (non-hydrogen) atoms. The molecular weight excluding hydrogens is 332 g/mol. The van der Waals surface area contributed by atoms with Gasteiger partial charge in [0.15, 0.2) is 11.6 Å². The molecule has 138 valence electrons. The van der Waals surface area contributed by atoms with E-state index in [1.165, 1.54) is 6.33 Å². The van der Waals surface area contributed by atoms with E-state index < -0.39 is 0 Å². The van der Waals surface area contributed by atoms with Crippen molar-refractivity contribution in [1.82, 2.24) is 14.9 Å². The molecule has 1 fully saturated rings. The second-order valence-corrected chi connectivity index (χ2v) is 6.14. The summed E-state index contributed by atoms with van der Waals surface area (Å²) in [5.41, 5.74) is 7.83. The van der Waals surface area contributed by atoms with Crippen LogP contribution in [-0.2, 0) is 4.74 Å². The Bertz CT molecular complexity index is 774. The van der Waals surface area contributed by atoms with Crippen LogP contribution in [-0.4, -0.2) is 60.7 Å². The molecule has 0 aliphatic carbocycles. The Morgan fingerprint density at radius 3 is 2.69 bits per heavy atom. The van der Waals surface area contributed by atoms with Gasteiger partial charge < -0.3 is 25.6 Å². The molecule has 0 saturated carbocycles. The maximum atomic E-state index is 12.1. The number of nitrogens with one attached hydrogen (secondary N) is 1. The number of esters is 1. The Hall–Kier alpha value is -2.87. The van der Waals surface area contributed by atoms with Gasteiger partial charge in [-0.1, -0.05) is 12.1 Å². The van der Waals surface area contributed by atoms with Crippen LogP contribution >= 0.6 is 0 Å². The van der Waals surface area contributed by atoms with Crippen LogP contribution in [0, 0.1) is 0 Å². The molecule has 1 saturated heterocycles. The number of hydrogen-bond donors (Lipinski definition) is 2. The molecule has 2 heterocycles. The van der Waals surface area contributed by atoms with Gasteiger partial charge in [0, 0.05) is 26.2 Å². The second-order valence-electron chi connectivity index (χ2n) is 6.14. The highest BCUT2D eigenvalue weighted by atomic mass is 16.5. The monoisotopic (exact) mass is 356 g/mol. The number of benzene rings is 1. The van der Waals surface area contributed by atoms with Crippen LogP contribution in [0.25, 0.3) is 0 Å². The summed E-state index contributed by atoms with van der Waals surface area (Å²) in [6.45, 7) is 5.72. The topological polar surface area (TPSA) is 96.6 Å². The summed E-state index contributed by atoms with van der Waals surface area (Å²) < 4.78 is 5.11. The van der Waals surface area contributed by atoms with Gasteiger partial charge in [0.2, 0.25) is 0 Å². The van der Waals surface area contributed by atoms with Crippen LogP contribution in [0.1, 0.15) is 17.3 Å². The Balaban J connectivity index is 1.85. The van der Waals surface area contributed by atoms with E-state index in [2.05, 4.69) is 32.1 Å². The number of anilines is 4. The zero-order valence-corrected chi connectivity index (χ0v) is 15.1. The van der Waals surface area contributed by atoms with Gasteiger partial charge in [-0.05, 0) is 26.1 Å². The molecule has 0 spiro atoms. The van der Waals surface area contributed by atoms with Crippen molar-refractivity contribution in [2.75, 3.05) is 55.8 Å². The largest absolute Gasteiger partial charge is 0.462 e. The normalized spacial score (nSPS) is 14.9. The first-order valence-corrected chi connectivity index (χ1v) is 8.67. The highest BCUT2D eigenvalue weighted by Crippen LogP contribution is 2.30. The lowest BCUT2D eigenvalue weighted by Gasteiger charge is -2.33. The summed E-state index contributed by atoms with van der Waals surface area (Å²) in [5, 5.41) is 3.15. The van der Waals surface area contributed by atoms with Crippen LogP contribution in [0.5, 0.6) is 0 Å². The lowest BCUT2D eigenvalue weighted by molar-refractivity contribution is 0.0527. The van der Waals surface area contributed by atoms with Crippen molar-refractivity contribution in [3.63, 3.8) is 0 Å². The van der Waals surface area contributed by atoms with E-state index >= 15 is 0 Å². The number of rotatable bonds is 5. The zero-order valence-electron chi connectivity index (χ0n) is 15.1. The van der Waals surface area contributed by atoms with Crippen LogP contribution in [0.4, 0.5) is 23.0 Å². The van der Waals surface area contributed by atoms with E-state index in [9.17, 15) is 4.79 Å². The molecule has 1 aliphatic rings. The van der Waals surface area contributed by atoms with Gasteiger partial charge >= 0.3 is 5.97 Å². The number of ether oxygens (including phenoxy) is 1. The first-order valence-electron chi connectivity index (χ1n) is 8.67. The summed E-state index contributed by atoms with van der Waals surface area (Å²) >= 11 is 0. The molecule has 1 aliphatic heterocycles. The quantitative estimate of drug-likeness (QED) is 0.782. The maximum Gasteiger partial charge on any atom is 0.340 e. The molecule has 0 radical (unpaired) electrons. The number of nitrogens with two attached hydrogens (primary N) is 1. The highest BCUT2D eigenvalue weighted by molar-refractivity contribution is 5.97. The maximum absolute atomic E-state index is 12.1. The van der Waals surface area contributed by atoms with Gasteiger partial charge in [-0.3, -0.25) is 0 Å². The number of aromatic nitrogens is 2. The number of nitrogens with zero attached hydrogens (tertiary/aromatic N) is 4. The summed E-state index contributed by atoms with van der Waals surface area (Å²) in [4.78, 5) is 25.2. The number of hydrogen-bond acceptors (Lipinski definition) is 8. The van der Waals surface area contributed by atoms with Crippen molar-refractivity contribution >= 4 is 29.0 Å². The number of piperazine rings is 1. The van der Waals surface area contributed by atoms with E-state index in [1.54, 1.807) is 25.1 Å². The van der Waals surface area contributed by atoms with Crippen molar-refractivity contribution in [3.05, 3.63) is 36.2 Å². The van der Waals surface area contributed by atoms with Crippen molar-refractivity contribution in [1.29, 1.82) is 0 Å². The molecule has 3 N–H and O–H groups in total. The average molecular weight is 356 g/mol. The minimum absolute atomic E-state index is 0.316. The Morgan fingerprint density at radius 1 is 1.23 bits per heavy atom. The molecule has 0 unspecified atom stereocenters. The minimum Gasteiger partial charge on any atom is -0.462 e. The fraction of sp³-hybridized carbons (Fsp3) is 0.389. The summed E-state index contributed by atoms with van der Waals surface area (Å²) in [6, 6.07) is 7.13. The minimum atomic E-state index is -0.387. The van der Waals surface area contributed by atoms with Crippen molar-refractivity contribution < 1.29 is 9.53 Å². The van der Waals surface area contributed by atoms with Gasteiger partial charge in [-0.15, -0.1) is 0 Å². The Labute approximate surface area is 153 Å². The smallest absolute Gasteiger partial charge is 0.340 e. The SMILES string of the molecule is CCOC(=O)c1ccccc1Nc1ncnc(N2CCN(C)CC2)c1N. The number of likely N-dealkylation sites (N-methyl/N-ethyl adjacent to an activating group) is 1. The predicted molar refractivity (Wildman–Crippen MR) is 102 cm³/mol. The molecule has 8 heteroatoms. The number of para-hydroxylation sites is 1. The van der Waals surface area contributed by atoms with Gasteiger partial charge in [-0.2, -0.15) is 0 Å². The first kappa shape index (κ1) is 17.9. The lowest BCUT2D eigenvalue weighted by atomic mass is 10.1. The lowest BCUT2D eigenvalue weighted by Crippen LogP contribution is -2.45. The van der Waals surface area contributed by atoms with E-state index in [0.717, 1.165) is 26.2 Å². The predicted octanol–water partition coefficient (Wildman–Crippen LogP) is 1.73. The van der Waals surface area contributed by atoms with Crippen LogP contribution in [0.2, 0.25) is 0 Å². The van der Waals surface area contributed by atoms with Crippen molar-refractivity contribution in [3.8, 4) is 0 Å². The Morgan fingerprint density at radius 2 is 1.96 bits per heavy atom. The third kappa shape index (κ3) is 3.85. The van der Waals surface area contributed by atoms with Gasteiger partial charge in [0.05, 0.1) is 17.9 Å². The summed E-state index contributed by atoms with van der Waals surface area (Å²) in [7, 11) is 2.10. The Kier molecular flexibility index (Phi) is 5.52. The van der Waals surface area contributed by atoms with Crippen LogP contribution < -0.4 is 16.0 Å². The molecular formula is C18H24N6O2. The molecule has 2 aromatic rings. The van der Waals surface area contributed by atoms with Gasteiger partial charge in [0.25, 0.3) is 0 Å². The molecule has 3 rings (SSSR count). The fourth-order valence-corrected chi connectivity index (χ4v) is 2.86. The van der Waals surface area contributed by atoms with Gasteiger partial charge in [0.1, 0.15) is 12.0 Å². The molecule has 0 bridgehead atoms. The highest BCUT2D eigenvalue weighted by Gasteiger charge is 2.20. The van der Waals surface area contributed by atoms with Crippen molar-refractivity contribution in [2.24, 2.45) is 0 Å². The zero-order chi connectivity index (χ0) is 18.5. The molecule has 0 amide bonds. The standard InChI is InChI=1S/C18H24N6O2/c1-3-26-18(25)13-6-4-5-7-14(13)22-16-15(19)17(21-12-20-16)24-10-8-23(2)9-11-24/h4-7,12H,3,8-11,19H2,1-2H3,(H,20,21,22). The second kappa shape index (κ2) is 8.01. The number of carbonyl (C=O) groups is 1. The fourth-order valence-electron chi connectivity index (χ4n) is 2.86.